The molecule has 0 radical (unpaired) electrons. The Bertz CT molecular complexity index is 401. The first kappa shape index (κ1) is 13.0. The van der Waals surface area contributed by atoms with Crippen molar-refractivity contribution in [1.82, 2.24) is 4.90 Å². The van der Waals surface area contributed by atoms with Crippen LogP contribution in [0.25, 0.3) is 0 Å². The van der Waals surface area contributed by atoms with Crippen molar-refractivity contribution in [3.05, 3.63) is 27.7 Å². The number of nitrogens with zero attached hydrogens (tertiary/aromatic N) is 1. The minimum atomic E-state index is 0.162. The number of halogens is 2. The van der Waals surface area contributed by atoms with Crippen molar-refractivity contribution in [2.45, 2.75) is 26.3 Å². The third-order valence-corrected chi connectivity index (χ3v) is 3.88. The molecule has 1 aromatic rings. The van der Waals surface area contributed by atoms with Gasteiger partial charge in [0.05, 0.1) is 5.02 Å². The lowest BCUT2D eigenvalue weighted by Crippen LogP contribution is -2.32. The quantitative estimate of drug-likeness (QED) is 0.883. The number of aromatic hydroxyl groups is 1. The molecule has 94 valence electrons. The van der Waals surface area contributed by atoms with Crippen LogP contribution in [0.4, 0.5) is 0 Å². The van der Waals surface area contributed by atoms with E-state index >= 15 is 0 Å². The number of rotatable bonds is 2. The first-order valence-electron chi connectivity index (χ1n) is 5.95. The molecule has 1 saturated heterocycles. The molecule has 1 fully saturated rings. The summed E-state index contributed by atoms with van der Waals surface area (Å²) in [5.74, 6) is 0.970. The van der Waals surface area contributed by atoms with Gasteiger partial charge in [0.2, 0.25) is 0 Å². The maximum Gasteiger partial charge on any atom is 0.138 e. The van der Waals surface area contributed by atoms with E-state index in [0.717, 1.165) is 31.1 Å². The summed E-state index contributed by atoms with van der Waals surface area (Å²) in [6.45, 7) is 5.15. The fourth-order valence-electron chi connectivity index (χ4n) is 2.20. The zero-order chi connectivity index (χ0) is 12.4. The number of phenols is 1. The molecule has 0 aromatic heterocycles. The van der Waals surface area contributed by atoms with Gasteiger partial charge in [-0.2, -0.15) is 0 Å². The van der Waals surface area contributed by atoms with Crippen LogP contribution < -0.4 is 0 Å². The van der Waals surface area contributed by atoms with E-state index in [0.29, 0.717) is 10.0 Å². The van der Waals surface area contributed by atoms with Gasteiger partial charge in [0, 0.05) is 17.1 Å². The summed E-state index contributed by atoms with van der Waals surface area (Å²) in [7, 11) is 0. The van der Waals surface area contributed by atoms with Gasteiger partial charge < -0.3 is 5.11 Å². The molecule has 1 aromatic carbocycles. The highest BCUT2D eigenvalue weighted by atomic mass is 35.5. The lowest BCUT2D eigenvalue weighted by Gasteiger charge is -2.30. The van der Waals surface area contributed by atoms with Gasteiger partial charge in [-0.25, -0.2) is 0 Å². The second-order valence-electron chi connectivity index (χ2n) is 4.85. The van der Waals surface area contributed by atoms with Gasteiger partial charge in [-0.15, -0.1) is 0 Å². The molecule has 0 bridgehead atoms. The summed E-state index contributed by atoms with van der Waals surface area (Å²) in [4.78, 5) is 2.34. The molecule has 2 nitrogen and oxygen atoms in total. The molecule has 0 amide bonds. The maximum absolute atomic E-state index is 9.89. The molecule has 0 saturated carbocycles. The largest absolute Gasteiger partial charge is 0.506 e. The Balaban J connectivity index is 2.08. The van der Waals surface area contributed by atoms with Crippen LogP contribution in [0.15, 0.2) is 12.1 Å². The van der Waals surface area contributed by atoms with E-state index in [2.05, 4.69) is 11.8 Å². The Kier molecular flexibility index (Phi) is 4.18. The number of likely N-dealkylation sites (tertiary alicyclic amines) is 1. The van der Waals surface area contributed by atoms with Crippen LogP contribution in [0.5, 0.6) is 5.75 Å². The van der Waals surface area contributed by atoms with Crippen LogP contribution in [0, 0.1) is 5.92 Å². The highest BCUT2D eigenvalue weighted by Crippen LogP contribution is 2.32. The van der Waals surface area contributed by atoms with E-state index in [1.807, 2.05) is 0 Å². The zero-order valence-corrected chi connectivity index (χ0v) is 11.4. The van der Waals surface area contributed by atoms with Gasteiger partial charge in [0.1, 0.15) is 5.75 Å². The summed E-state index contributed by atoms with van der Waals surface area (Å²) >= 11 is 11.9. The standard InChI is InChI=1S/C13H17Cl2NO/c1-9-2-4-16(5-3-9)8-10-6-11(14)7-12(15)13(10)17/h6-7,9,17H,2-5,8H2,1H3. The van der Waals surface area contributed by atoms with Crippen LogP contribution in [0.3, 0.4) is 0 Å². The Morgan fingerprint density at radius 2 is 1.94 bits per heavy atom. The lowest BCUT2D eigenvalue weighted by atomic mass is 9.99. The number of hydrogen-bond donors (Lipinski definition) is 1. The van der Waals surface area contributed by atoms with Crippen molar-refractivity contribution in [3.63, 3.8) is 0 Å². The monoisotopic (exact) mass is 273 g/mol. The van der Waals surface area contributed by atoms with Gasteiger partial charge in [-0.3, -0.25) is 4.90 Å². The molecule has 1 N–H and O–H groups in total. The van der Waals surface area contributed by atoms with Crippen LogP contribution in [-0.2, 0) is 6.54 Å². The van der Waals surface area contributed by atoms with Crippen molar-refractivity contribution < 1.29 is 5.11 Å². The third kappa shape index (κ3) is 3.27. The fraction of sp³-hybridized carbons (Fsp3) is 0.538. The third-order valence-electron chi connectivity index (χ3n) is 3.38. The predicted molar refractivity (Wildman–Crippen MR) is 71.8 cm³/mol. The molecule has 4 heteroatoms. The minimum absolute atomic E-state index is 0.162. The molecule has 1 heterocycles. The number of benzene rings is 1. The molecular formula is C13H17Cl2NO. The number of piperidine rings is 1. The first-order chi connectivity index (χ1) is 8.06. The lowest BCUT2D eigenvalue weighted by molar-refractivity contribution is 0.183. The second kappa shape index (κ2) is 5.47. The van der Waals surface area contributed by atoms with Crippen molar-refractivity contribution in [2.75, 3.05) is 13.1 Å². The smallest absolute Gasteiger partial charge is 0.138 e. The zero-order valence-electron chi connectivity index (χ0n) is 9.92. The van der Waals surface area contributed by atoms with Gasteiger partial charge in [-0.05, 0) is 44.0 Å². The van der Waals surface area contributed by atoms with Crippen molar-refractivity contribution in [1.29, 1.82) is 0 Å². The van der Waals surface area contributed by atoms with Crippen LogP contribution in [-0.4, -0.2) is 23.1 Å². The molecule has 0 unspecified atom stereocenters. The normalized spacial score (nSPS) is 18.5. The minimum Gasteiger partial charge on any atom is -0.506 e. The van der Waals surface area contributed by atoms with E-state index < -0.39 is 0 Å². The van der Waals surface area contributed by atoms with Crippen molar-refractivity contribution >= 4 is 23.2 Å². The molecule has 2 rings (SSSR count). The van der Waals surface area contributed by atoms with Gasteiger partial charge in [0.25, 0.3) is 0 Å². The van der Waals surface area contributed by atoms with Gasteiger partial charge in [-0.1, -0.05) is 30.1 Å². The molecule has 1 aliphatic heterocycles. The van der Waals surface area contributed by atoms with Crippen LogP contribution in [0.1, 0.15) is 25.3 Å². The first-order valence-corrected chi connectivity index (χ1v) is 6.71. The Hall–Kier alpha value is -0.440. The molecule has 0 spiro atoms. The summed E-state index contributed by atoms with van der Waals surface area (Å²) in [6, 6.07) is 3.36. The average Bonchev–Trinajstić information content (AvgIpc) is 2.28. The summed E-state index contributed by atoms with van der Waals surface area (Å²) < 4.78 is 0. The van der Waals surface area contributed by atoms with Gasteiger partial charge in [0.15, 0.2) is 0 Å². The molecule has 17 heavy (non-hydrogen) atoms. The average molecular weight is 274 g/mol. The topological polar surface area (TPSA) is 23.5 Å². The Morgan fingerprint density at radius 1 is 1.29 bits per heavy atom. The highest BCUT2D eigenvalue weighted by Gasteiger charge is 2.17. The van der Waals surface area contributed by atoms with Crippen molar-refractivity contribution in [2.24, 2.45) is 5.92 Å². The Labute approximate surface area is 112 Å². The van der Waals surface area contributed by atoms with E-state index in [4.69, 9.17) is 23.2 Å². The molecule has 0 aliphatic carbocycles. The molecule has 1 aliphatic rings. The van der Waals surface area contributed by atoms with Crippen LogP contribution >= 0.6 is 23.2 Å². The SMILES string of the molecule is CC1CCN(Cc2cc(Cl)cc(Cl)c2O)CC1. The van der Waals surface area contributed by atoms with Gasteiger partial charge >= 0.3 is 0 Å². The number of phenolic OH excluding ortho intramolecular Hbond substituents is 1. The molecule has 0 atom stereocenters. The highest BCUT2D eigenvalue weighted by molar-refractivity contribution is 6.35. The molecular weight excluding hydrogens is 257 g/mol. The fourth-order valence-corrected chi connectivity index (χ4v) is 2.74. The summed E-state index contributed by atoms with van der Waals surface area (Å²) in [6.07, 6.45) is 2.43. The summed E-state index contributed by atoms with van der Waals surface area (Å²) in [5.41, 5.74) is 0.817. The van der Waals surface area contributed by atoms with Crippen molar-refractivity contribution in [3.8, 4) is 5.75 Å². The predicted octanol–water partition coefficient (Wildman–Crippen LogP) is 3.93. The van der Waals surface area contributed by atoms with E-state index in [9.17, 15) is 5.11 Å². The maximum atomic E-state index is 9.89. The van der Waals surface area contributed by atoms with Crippen LogP contribution in [0.2, 0.25) is 10.0 Å². The second-order valence-corrected chi connectivity index (χ2v) is 5.70. The van der Waals surface area contributed by atoms with E-state index in [-0.39, 0.29) is 5.75 Å². The van der Waals surface area contributed by atoms with E-state index in [1.54, 1.807) is 12.1 Å². The Morgan fingerprint density at radius 3 is 2.59 bits per heavy atom. The van der Waals surface area contributed by atoms with E-state index in [1.165, 1.54) is 12.8 Å². The number of hydrogen-bond acceptors (Lipinski definition) is 2. The summed E-state index contributed by atoms with van der Waals surface area (Å²) in [5, 5.41) is 10.8.